The largest absolute Gasteiger partial charge is 0.497 e. The minimum Gasteiger partial charge on any atom is -0.497 e. The molecule has 90 valence electrons. The molecule has 1 heterocycles. The molecule has 2 rings (SSSR count). The molecule has 7 heteroatoms. The molecule has 1 aromatic heterocycles. The Hall–Kier alpha value is -1.86. The standard InChI is InChI=1S/C10H12N4O2S/c1-15-7-3-2-4-8(5-7)16-6-9-10(12-11)17-14-13-9/h2-5,12H,6,11H2,1H3. The third-order valence-electron chi connectivity index (χ3n) is 2.10. The van der Waals surface area contributed by atoms with Crippen LogP contribution in [-0.2, 0) is 6.61 Å². The van der Waals surface area contributed by atoms with Gasteiger partial charge in [-0.3, -0.25) is 0 Å². The van der Waals surface area contributed by atoms with Gasteiger partial charge in [-0.05, 0) is 12.1 Å². The molecule has 0 aliphatic carbocycles. The molecule has 1 aromatic carbocycles. The number of anilines is 1. The van der Waals surface area contributed by atoms with Crippen molar-refractivity contribution >= 4 is 16.5 Å². The number of rotatable bonds is 5. The number of nitrogens with zero attached hydrogens (tertiary/aromatic N) is 2. The molecule has 0 aliphatic heterocycles. The molecule has 0 fully saturated rings. The Morgan fingerprint density at radius 2 is 2.24 bits per heavy atom. The van der Waals surface area contributed by atoms with Crippen molar-refractivity contribution in [3.05, 3.63) is 30.0 Å². The summed E-state index contributed by atoms with van der Waals surface area (Å²) in [6.07, 6.45) is 0. The van der Waals surface area contributed by atoms with Crippen molar-refractivity contribution < 1.29 is 9.47 Å². The quantitative estimate of drug-likeness (QED) is 0.618. The minimum atomic E-state index is 0.309. The fraction of sp³-hybridized carbons (Fsp3) is 0.200. The molecule has 0 atom stereocenters. The minimum absolute atomic E-state index is 0.309. The SMILES string of the molecule is COc1cccc(OCc2nnsc2NN)c1. The summed E-state index contributed by atoms with van der Waals surface area (Å²) in [7, 11) is 1.61. The van der Waals surface area contributed by atoms with Gasteiger partial charge in [-0.15, -0.1) is 5.10 Å². The Kier molecular flexibility index (Phi) is 3.73. The summed E-state index contributed by atoms with van der Waals surface area (Å²) in [6.45, 7) is 0.309. The zero-order valence-electron chi connectivity index (χ0n) is 9.21. The second kappa shape index (κ2) is 5.46. The Labute approximate surface area is 102 Å². The first-order valence-corrected chi connectivity index (χ1v) is 5.65. The average molecular weight is 252 g/mol. The van der Waals surface area contributed by atoms with E-state index in [4.69, 9.17) is 15.3 Å². The molecule has 6 nitrogen and oxygen atoms in total. The van der Waals surface area contributed by atoms with Crippen LogP contribution in [0, 0.1) is 0 Å². The average Bonchev–Trinajstić information content (AvgIpc) is 2.84. The van der Waals surface area contributed by atoms with Gasteiger partial charge in [0.1, 0.15) is 23.8 Å². The summed E-state index contributed by atoms with van der Waals surface area (Å²) >= 11 is 1.19. The Balaban J connectivity index is 2.02. The highest BCUT2D eigenvalue weighted by molar-refractivity contribution is 7.10. The number of nitrogens with one attached hydrogen (secondary N) is 1. The zero-order valence-corrected chi connectivity index (χ0v) is 10.0. The monoisotopic (exact) mass is 252 g/mol. The zero-order chi connectivity index (χ0) is 12.1. The van der Waals surface area contributed by atoms with E-state index in [1.54, 1.807) is 13.2 Å². The number of nitrogen functional groups attached to an aromatic ring is 1. The van der Waals surface area contributed by atoms with Crippen molar-refractivity contribution in [2.45, 2.75) is 6.61 Å². The van der Waals surface area contributed by atoms with E-state index in [0.717, 1.165) is 5.75 Å². The Morgan fingerprint density at radius 3 is 3.00 bits per heavy atom. The second-order valence-corrected chi connectivity index (χ2v) is 3.91. The van der Waals surface area contributed by atoms with E-state index in [1.165, 1.54) is 11.5 Å². The van der Waals surface area contributed by atoms with Crippen molar-refractivity contribution in [1.29, 1.82) is 0 Å². The third kappa shape index (κ3) is 2.83. The predicted molar refractivity (Wildman–Crippen MR) is 65.0 cm³/mol. The summed E-state index contributed by atoms with van der Waals surface area (Å²) in [5.74, 6) is 6.77. The number of nitrogens with two attached hydrogens (primary N) is 1. The number of ether oxygens (including phenoxy) is 2. The summed E-state index contributed by atoms with van der Waals surface area (Å²) in [6, 6.07) is 7.35. The first kappa shape index (κ1) is 11.6. The van der Waals surface area contributed by atoms with Gasteiger partial charge in [0.05, 0.1) is 7.11 Å². The predicted octanol–water partition coefficient (Wildman–Crippen LogP) is 1.41. The molecule has 0 spiro atoms. The van der Waals surface area contributed by atoms with Crippen LogP contribution in [0.25, 0.3) is 0 Å². The number of aromatic nitrogens is 2. The lowest BCUT2D eigenvalue weighted by atomic mass is 10.3. The fourth-order valence-corrected chi connectivity index (χ4v) is 1.73. The molecule has 0 saturated carbocycles. The topological polar surface area (TPSA) is 82.3 Å². The van der Waals surface area contributed by atoms with E-state index < -0.39 is 0 Å². The van der Waals surface area contributed by atoms with Gasteiger partial charge in [0.2, 0.25) is 0 Å². The fourth-order valence-electron chi connectivity index (χ4n) is 1.26. The third-order valence-corrected chi connectivity index (χ3v) is 2.80. The van der Waals surface area contributed by atoms with Crippen LogP contribution in [0.15, 0.2) is 24.3 Å². The Bertz CT molecular complexity index is 489. The van der Waals surface area contributed by atoms with Gasteiger partial charge in [0.25, 0.3) is 0 Å². The van der Waals surface area contributed by atoms with Crippen molar-refractivity contribution in [3.63, 3.8) is 0 Å². The van der Waals surface area contributed by atoms with Crippen molar-refractivity contribution in [2.24, 2.45) is 5.84 Å². The van der Waals surface area contributed by atoms with Gasteiger partial charge in [0.15, 0.2) is 5.00 Å². The smallest absolute Gasteiger partial charge is 0.150 e. The second-order valence-electron chi connectivity index (χ2n) is 3.16. The van der Waals surface area contributed by atoms with Crippen LogP contribution in [0.2, 0.25) is 0 Å². The van der Waals surface area contributed by atoms with Gasteiger partial charge < -0.3 is 14.9 Å². The lowest BCUT2D eigenvalue weighted by Crippen LogP contribution is -2.08. The van der Waals surface area contributed by atoms with E-state index >= 15 is 0 Å². The van der Waals surface area contributed by atoms with Crippen molar-refractivity contribution in [2.75, 3.05) is 12.5 Å². The molecule has 0 bridgehead atoms. The lowest BCUT2D eigenvalue weighted by Gasteiger charge is -2.06. The molecular weight excluding hydrogens is 240 g/mol. The van der Waals surface area contributed by atoms with Gasteiger partial charge in [-0.1, -0.05) is 10.6 Å². The highest BCUT2D eigenvalue weighted by Crippen LogP contribution is 2.22. The molecule has 3 N–H and O–H groups in total. The molecule has 0 radical (unpaired) electrons. The molecule has 2 aromatic rings. The van der Waals surface area contributed by atoms with Crippen LogP contribution in [0.5, 0.6) is 11.5 Å². The molecule has 0 saturated heterocycles. The lowest BCUT2D eigenvalue weighted by molar-refractivity contribution is 0.299. The van der Waals surface area contributed by atoms with Gasteiger partial charge in [0, 0.05) is 17.6 Å². The molecule has 0 unspecified atom stereocenters. The van der Waals surface area contributed by atoms with Crippen LogP contribution in [-0.4, -0.2) is 16.7 Å². The maximum atomic E-state index is 5.56. The van der Waals surface area contributed by atoms with Crippen LogP contribution < -0.4 is 20.7 Å². The van der Waals surface area contributed by atoms with Crippen LogP contribution in [0.1, 0.15) is 5.69 Å². The van der Waals surface area contributed by atoms with E-state index in [2.05, 4.69) is 15.0 Å². The van der Waals surface area contributed by atoms with E-state index in [1.807, 2.05) is 18.2 Å². The van der Waals surface area contributed by atoms with E-state index in [0.29, 0.717) is 23.1 Å². The maximum Gasteiger partial charge on any atom is 0.150 e. The summed E-state index contributed by atoms with van der Waals surface area (Å²) in [4.78, 5) is 0. The van der Waals surface area contributed by atoms with Crippen LogP contribution in [0.3, 0.4) is 0 Å². The first-order chi connectivity index (χ1) is 8.33. The molecule has 0 aliphatic rings. The van der Waals surface area contributed by atoms with Crippen molar-refractivity contribution in [1.82, 2.24) is 9.59 Å². The maximum absolute atomic E-state index is 5.56. The van der Waals surface area contributed by atoms with Gasteiger partial charge >= 0.3 is 0 Å². The van der Waals surface area contributed by atoms with Gasteiger partial charge in [-0.25, -0.2) is 5.84 Å². The highest BCUT2D eigenvalue weighted by Gasteiger charge is 2.07. The molecular formula is C10H12N4O2S. The van der Waals surface area contributed by atoms with Crippen molar-refractivity contribution in [3.8, 4) is 11.5 Å². The normalized spacial score (nSPS) is 10.0. The molecule has 0 amide bonds. The highest BCUT2D eigenvalue weighted by atomic mass is 32.1. The summed E-state index contributed by atoms with van der Waals surface area (Å²) < 4.78 is 14.4. The number of benzene rings is 1. The number of hydrazine groups is 1. The number of hydrogen-bond acceptors (Lipinski definition) is 7. The number of methoxy groups -OCH3 is 1. The number of hydrogen-bond donors (Lipinski definition) is 2. The summed E-state index contributed by atoms with van der Waals surface area (Å²) in [5.41, 5.74) is 3.20. The first-order valence-electron chi connectivity index (χ1n) is 4.88. The summed E-state index contributed by atoms with van der Waals surface area (Å²) in [5, 5.41) is 4.62. The molecule has 17 heavy (non-hydrogen) atoms. The van der Waals surface area contributed by atoms with Gasteiger partial charge in [-0.2, -0.15) is 0 Å². The van der Waals surface area contributed by atoms with Crippen LogP contribution in [0.4, 0.5) is 5.00 Å². The van der Waals surface area contributed by atoms with E-state index in [9.17, 15) is 0 Å². The Morgan fingerprint density at radius 1 is 1.41 bits per heavy atom. The van der Waals surface area contributed by atoms with Crippen LogP contribution >= 0.6 is 11.5 Å². The van der Waals surface area contributed by atoms with E-state index in [-0.39, 0.29) is 0 Å².